The summed E-state index contributed by atoms with van der Waals surface area (Å²) < 4.78 is 25.0. The van der Waals surface area contributed by atoms with E-state index in [4.69, 9.17) is 0 Å². The number of thioether (sulfide) groups is 1. The summed E-state index contributed by atoms with van der Waals surface area (Å²) in [5.74, 6) is 0.134. The van der Waals surface area contributed by atoms with Crippen molar-refractivity contribution in [2.24, 2.45) is 4.99 Å². The molecule has 2 aliphatic heterocycles. The second-order valence-electron chi connectivity index (χ2n) is 5.69. The summed E-state index contributed by atoms with van der Waals surface area (Å²) in [7, 11) is -3.02. The van der Waals surface area contributed by atoms with Crippen LogP contribution in [0.25, 0.3) is 0 Å². The zero-order valence-electron chi connectivity index (χ0n) is 12.6. The minimum atomic E-state index is -3.02. The van der Waals surface area contributed by atoms with E-state index in [0.717, 1.165) is 15.7 Å². The second kappa shape index (κ2) is 6.72. The molecule has 2 aliphatic rings. The Hall–Kier alpha value is -0.610. The van der Waals surface area contributed by atoms with E-state index in [9.17, 15) is 13.2 Å². The fraction of sp³-hybridized carbons (Fsp3) is 0.467. The quantitative estimate of drug-likeness (QED) is 0.644. The van der Waals surface area contributed by atoms with Gasteiger partial charge in [-0.3, -0.25) is 4.79 Å². The first-order valence-electron chi connectivity index (χ1n) is 7.43. The lowest BCUT2D eigenvalue weighted by atomic mass is 10.2. The Kier molecular flexibility index (Phi) is 5.03. The molecule has 0 unspecified atom stereocenters. The summed E-state index contributed by atoms with van der Waals surface area (Å²) in [6.07, 6.45) is 1.17. The number of amidine groups is 1. The van der Waals surface area contributed by atoms with Gasteiger partial charge >= 0.3 is 0 Å². The molecule has 0 radical (unpaired) electrons. The minimum Gasteiger partial charge on any atom is -0.316 e. The molecule has 0 saturated carbocycles. The van der Waals surface area contributed by atoms with E-state index < -0.39 is 9.84 Å². The van der Waals surface area contributed by atoms with Crippen LogP contribution in [-0.4, -0.2) is 42.3 Å². The van der Waals surface area contributed by atoms with Crippen LogP contribution in [-0.2, 0) is 14.6 Å². The predicted octanol–water partition coefficient (Wildman–Crippen LogP) is 2.69. The van der Waals surface area contributed by atoms with Crippen LogP contribution in [0.5, 0.6) is 0 Å². The zero-order chi connectivity index (χ0) is 16.6. The topological polar surface area (TPSA) is 66.8 Å². The average Bonchev–Trinajstić information content (AvgIpc) is 2.89. The highest BCUT2D eigenvalue weighted by atomic mass is 127. The van der Waals surface area contributed by atoms with Crippen molar-refractivity contribution in [1.82, 2.24) is 0 Å². The lowest BCUT2D eigenvalue weighted by Gasteiger charge is -2.24. The van der Waals surface area contributed by atoms with Crippen LogP contribution < -0.4 is 4.90 Å². The maximum absolute atomic E-state index is 12.0. The van der Waals surface area contributed by atoms with Crippen molar-refractivity contribution in [3.8, 4) is 0 Å². The van der Waals surface area contributed by atoms with Crippen LogP contribution in [0.4, 0.5) is 5.69 Å². The third-order valence-corrected chi connectivity index (χ3v) is 7.72. The fourth-order valence-electron chi connectivity index (χ4n) is 2.87. The van der Waals surface area contributed by atoms with Crippen LogP contribution >= 0.6 is 34.4 Å². The predicted molar refractivity (Wildman–Crippen MR) is 103 cm³/mol. The first kappa shape index (κ1) is 17.2. The van der Waals surface area contributed by atoms with E-state index in [0.29, 0.717) is 11.6 Å². The van der Waals surface area contributed by atoms with Crippen LogP contribution in [0.2, 0.25) is 0 Å². The lowest BCUT2D eigenvalue weighted by Crippen LogP contribution is -2.37. The first-order chi connectivity index (χ1) is 10.9. The number of aliphatic imine (C=N–C) groups is 1. The highest BCUT2D eigenvalue weighted by molar-refractivity contribution is 14.1. The van der Waals surface area contributed by atoms with E-state index in [1.807, 2.05) is 36.1 Å². The Labute approximate surface area is 154 Å². The van der Waals surface area contributed by atoms with Gasteiger partial charge in [-0.05, 0) is 47.2 Å². The molecule has 1 aromatic rings. The number of carbonyl (C=O) groups is 1. The van der Waals surface area contributed by atoms with Crippen LogP contribution in [0.15, 0.2) is 29.3 Å². The van der Waals surface area contributed by atoms with E-state index in [1.165, 1.54) is 11.8 Å². The smallest absolute Gasteiger partial charge is 0.248 e. The maximum Gasteiger partial charge on any atom is 0.248 e. The lowest BCUT2D eigenvalue weighted by molar-refractivity contribution is -0.117. The molecular formula is C15H17IN2O3S2. The molecule has 0 N–H and O–H groups in total. The number of hydrogen-bond acceptors (Lipinski definition) is 4. The van der Waals surface area contributed by atoms with Crippen LogP contribution in [0, 0.1) is 3.57 Å². The van der Waals surface area contributed by atoms with Crippen molar-refractivity contribution in [2.75, 3.05) is 16.4 Å². The summed E-state index contributed by atoms with van der Waals surface area (Å²) >= 11 is 3.65. The van der Waals surface area contributed by atoms with Crippen LogP contribution in [0.3, 0.4) is 0 Å². The summed E-state index contributed by atoms with van der Waals surface area (Å²) in [6, 6.07) is 7.71. The molecule has 124 valence electrons. The summed E-state index contributed by atoms with van der Waals surface area (Å²) in [5, 5.41) is 0.585. The number of amides is 1. The fourth-order valence-corrected chi connectivity index (χ4v) is 7.33. The van der Waals surface area contributed by atoms with Gasteiger partial charge in [0.25, 0.3) is 0 Å². The van der Waals surface area contributed by atoms with Gasteiger partial charge in [0.1, 0.15) is 0 Å². The molecule has 0 bridgehead atoms. The second-order valence-corrected chi connectivity index (χ2v) is 10.3. The van der Waals surface area contributed by atoms with Crippen molar-refractivity contribution in [1.29, 1.82) is 0 Å². The third kappa shape index (κ3) is 3.74. The van der Waals surface area contributed by atoms with Crippen molar-refractivity contribution in [3.63, 3.8) is 0 Å². The molecule has 2 atom stereocenters. The van der Waals surface area contributed by atoms with E-state index in [2.05, 4.69) is 27.6 Å². The number of fused-ring (bicyclic) bond motifs is 1. The highest BCUT2D eigenvalue weighted by Crippen LogP contribution is 2.41. The van der Waals surface area contributed by atoms with E-state index >= 15 is 0 Å². The minimum absolute atomic E-state index is 0.0500. The van der Waals surface area contributed by atoms with Crippen LogP contribution in [0.1, 0.15) is 19.8 Å². The Morgan fingerprint density at radius 1 is 1.43 bits per heavy atom. The third-order valence-electron chi connectivity index (χ3n) is 3.84. The van der Waals surface area contributed by atoms with Crippen molar-refractivity contribution in [2.45, 2.75) is 31.1 Å². The molecule has 2 heterocycles. The number of sulfone groups is 1. The number of rotatable bonds is 3. The highest BCUT2D eigenvalue weighted by Gasteiger charge is 2.49. The van der Waals surface area contributed by atoms with Gasteiger partial charge in [-0.25, -0.2) is 8.42 Å². The molecule has 0 spiro atoms. The summed E-state index contributed by atoms with van der Waals surface area (Å²) in [5.41, 5.74) is 0.900. The normalized spacial score (nSPS) is 27.4. The van der Waals surface area contributed by atoms with Crippen molar-refractivity contribution >= 4 is 61.0 Å². The number of nitrogens with zero attached hydrogens (tertiary/aromatic N) is 2. The summed E-state index contributed by atoms with van der Waals surface area (Å²) in [6.45, 7) is 1.94. The Morgan fingerprint density at radius 2 is 2.22 bits per heavy atom. The van der Waals surface area contributed by atoms with Gasteiger partial charge < -0.3 is 4.90 Å². The number of anilines is 1. The number of hydrogen-bond donors (Lipinski definition) is 0. The maximum atomic E-state index is 12.0. The molecule has 3 rings (SSSR count). The molecule has 0 aliphatic carbocycles. The molecular weight excluding hydrogens is 447 g/mol. The monoisotopic (exact) mass is 464 g/mol. The van der Waals surface area contributed by atoms with Crippen molar-refractivity contribution < 1.29 is 13.2 Å². The van der Waals surface area contributed by atoms with E-state index in [1.54, 1.807) is 0 Å². The van der Waals surface area contributed by atoms with Gasteiger partial charge in [-0.2, -0.15) is 4.99 Å². The van der Waals surface area contributed by atoms with Gasteiger partial charge in [-0.1, -0.05) is 24.8 Å². The van der Waals surface area contributed by atoms with Crippen molar-refractivity contribution in [3.05, 3.63) is 27.8 Å². The van der Waals surface area contributed by atoms with Gasteiger partial charge in [0.15, 0.2) is 15.0 Å². The molecule has 8 heteroatoms. The molecule has 1 aromatic carbocycles. The Balaban J connectivity index is 1.99. The molecule has 23 heavy (non-hydrogen) atoms. The first-order valence-corrected chi connectivity index (χ1v) is 11.2. The van der Waals surface area contributed by atoms with Gasteiger partial charge in [0.2, 0.25) is 5.91 Å². The molecule has 0 aromatic heterocycles. The summed E-state index contributed by atoms with van der Waals surface area (Å²) in [4.78, 5) is 18.1. The average molecular weight is 464 g/mol. The zero-order valence-corrected chi connectivity index (χ0v) is 16.4. The van der Waals surface area contributed by atoms with Gasteiger partial charge in [0.05, 0.1) is 17.5 Å². The Bertz CT molecular complexity index is 764. The standard InChI is InChI=1S/C15H17IN2O3S2/c1-2-4-14(19)17-15-18(11-6-3-5-10(16)7-11)12-8-23(20,21)9-13(12)22-15/h3,5-7,12-13H,2,4,8-9H2,1H3/t12-,13+/m0/s1. The molecule has 1 amide bonds. The number of halogens is 1. The van der Waals surface area contributed by atoms with Gasteiger partial charge in [-0.15, -0.1) is 0 Å². The van der Waals surface area contributed by atoms with Gasteiger partial charge in [0, 0.05) is 20.9 Å². The number of benzene rings is 1. The number of carbonyl (C=O) groups excluding carboxylic acids is 1. The Morgan fingerprint density at radius 3 is 2.91 bits per heavy atom. The largest absolute Gasteiger partial charge is 0.316 e. The SMILES string of the molecule is CCCC(=O)N=C1S[C@@H]2CS(=O)(=O)C[C@@H]2N1c1cccc(I)c1. The molecule has 2 fully saturated rings. The molecule has 2 saturated heterocycles. The van der Waals surface area contributed by atoms with E-state index in [-0.39, 0.29) is 28.7 Å². The molecule has 5 nitrogen and oxygen atoms in total.